The van der Waals surface area contributed by atoms with E-state index in [4.69, 9.17) is 0 Å². The average Bonchev–Trinajstić information content (AvgIpc) is 2.60. The van der Waals surface area contributed by atoms with Crippen molar-refractivity contribution >= 4 is 24.8 Å². The molecule has 0 N–H and O–H groups in total. The fraction of sp³-hybridized carbons (Fsp3) is 0.600. The van der Waals surface area contributed by atoms with E-state index in [-0.39, 0.29) is 24.8 Å². The van der Waals surface area contributed by atoms with E-state index < -0.39 is 0 Å². The Morgan fingerprint density at radius 1 is 0.545 bits per heavy atom. The van der Waals surface area contributed by atoms with Crippen LogP contribution in [0.2, 0.25) is 0 Å². The lowest BCUT2D eigenvalue weighted by Gasteiger charge is -2.17. The molecule has 0 heterocycles. The number of rotatable bonds is 0. The molecule has 0 saturated carbocycles. The molecule has 0 atom stereocenters. The van der Waals surface area contributed by atoms with E-state index in [1.165, 1.54) is 33.4 Å². The first-order chi connectivity index (χ1) is 8.90. The van der Waals surface area contributed by atoms with Crippen molar-refractivity contribution in [3.63, 3.8) is 0 Å². The van der Waals surface area contributed by atoms with Crippen molar-refractivity contribution < 1.29 is 0 Å². The minimum atomic E-state index is 0. The normalized spacial score (nSPS) is 21.4. The summed E-state index contributed by atoms with van der Waals surface area (Å²) in [7, 11) is 0. The van der Waals surface area contributed by atoms with Gasteiger partial charge in [0.2, 0.25) is 0 Å². The molecule has 2 rings (SSSR count). The highest BCUT2D eigenvalue weighted by Crippen LogP contribution is 2.40. The zero-order chi connectivity index (χ0) is 15.9. The molecule has 128 valence electrons. The third-order valence-corrected chi connectivity index (χ3v) is 5.40. The third kappa shape index (κ3) is 4.77. The maximum Gasteiger partial charge on any atom is 0.00430 e. The highest BCUT2D eigenvalue weighted by molar-refractivity contribution is 5.85. The van der Waals surface area contributed by atoms with E-state index in [1.54, 1.807) is 0 Å². The minimum absolute atomic E-state index is 0. The zero-order valence-electron chi connectivity index (χ0n) is 16.0. The molecule has 0 aromatic carbocycles. The molecule has 0 spiro atoms. The standard InChI is InChI=1S/2C10H16.2ClH/c2*1-7-6-10(4,5)9(3)8(7)2;;/h2*6H,1-5H3;2*1H. The van der Waals surface area contributed by atoms with Gasteiger partial charge in [-0.3, -0.25) is 0 Å². The van der Waals surface area contributed by atoms with Crippen molar-refractivity contribution in [3.05, 3.63) is 45.6 Å². The summed E-state index contributed by atoms with van der Waals surface area (Å²) in [5, 5.41) is 0. The van der Waals surface area contributed by atoms with Gasteiger partial charge in [-0.05, 0) is 52.7 Å². The SMILES string of the molecule is CC1=CC(C)(C)C(C)=C1C.CC1=CC(C)(C)C(C)=C1C.Cl.Cl. The van der Waals surface area contributed by atoms with Crippen LogP contribution in [0.3, 0.4) is 0 Å². The average molecular weight is 345 g/mol. The van der Waals surface area contributed by atoms with Crippen LogP contribution in [-0.4, -0.2) is 0 Å². The van der Waals surface area contributed by atoms with Gasteiger partial charge in [0, 0.05) is 10.8 Å². The maximum absolute atomic E-state index is 2.34. The van der Waals surface area contributed by atoms with Crippen LogP contribution in [0, 0.1) is 10.8 Å². The molecule has 0 bridgehead atoms. The van der Waals surface area contributed by atoms with Gasteiger partial charge in [0.15, 0.2) is 0 Å². The molecule has 2 heteroatoms. The minimum Gasteiger partial charge on any atom is -0.147 e. The summed E-state index contributed by atoms with van der Waals surface area (Å²) >= 11 is 0. The summed E-state index contributed by atoms with van der Waals surface area (Å²) in [6.07, 6.45) is 4.69. The van der Waals surface area contributed by atoms with Crippen molar-refractivity contribution in [2.75, 3.05) is 0 Å². The molecular formula is C20H34Cl2. The van der Waals surface area contributed by atoms with Crippen molar-refractivity contribution in [1.82, 2.24) is 0 Å². The van der Waals surface area contributed by atoms with Crippen LogP contribution in [0.4, 0.5) is 0 Å². The molecule has 0 fully saturated rings. The van der Waals surface area contributed by atoms with E-state index in [1.807, 2.05) is 0 Å². The molecule has 0 amide bonds. The summed E-state index contributed by atoms with van der Waals surface area (Å²) in [6, 6.07) is 0. The van der Waals surface area contributed by atoms with Crippen molar-refractivity contribution in [2.24, 2.45) is 10.8 Å². The van der Waals surface area contributed by atoms with E-state index in [0.717, 1.165) is 0 Å². The summed E-state index contributed by atoms with van der Waals surface area (Å²) in [5.41, 5.74) is 9.51. The van der Waals surface area contributed by atoms with Gasteiger partial charge < -0.3 is 0 Å². The van der Waals surface area contributed by atoms with E-state index in [0.29, 0.717) is 10.8 Å². The largest absolute Gasteiger partial charge is 0.147 e. The lowest BCUT2D eigenvalue weighted by atomic mass is 9.88. The van der Waals surface area contributed by atoms with Gasteiger partial charge in [-0.15, -0.1) is 24.8 Å². The molecule has 2 aliphatic carbocycles. The third-order valence-electron chi connectivity index (χ3n) is 5.40. The van der Waals surface area contributed by atoms with Crippen LogP contribution < -0.4 is 0 Å². The quantitative estimate of drug-likeness (QED) is 0.427. The van der Waals surface area contributed by atoms with Gasteiger partial charge in [-0.25, -0.2) is 0 Å². The van der Waals surface area contributed by atoms with Gasteiger partial charge >= 0.3 is 0 Å². The van der Waals surface area contributed by atoms with Crippen LogP contribution in [0.25, 0.3) is 0 Å². The predicted molar refractivity (Wildman–Crippen MR) is 106 cm³/mol. The number of hydrogen-bond acceptors (Lipinski definition) is 0. The van der Waals surface area contributed by atoms with Crippen LogP contribution in [0.1, 0.15) is 69.2 Å². The Hall–Kier alpha value is -0.460. The van der Waals surface area contributed by atoms with Gasteiger partial charge in [0.05, 0.1) is 0 Å². The smallest absolute Gasteiger partial charge is 0.00430 e. The van der Waals surface area contributed by atoms with Gasteiger partial charge in [-0.2, -0.15) is 0 Å². The molecule has 0 radical (unpaired) electrons. The molecule has 0 unspecified atom stereocenters. The number of halogens is 2. The van der Waals surface area contributed by atoms with E-state index >= 15 is 0 Å². The Morgan fingerprint density at radius 3 is 0.818 bits per heavy atom. The summed E-state index contributed by atoms with van der Waals surface area (Å²) in [5.74, 6) is 0. The molecule has 0 aromatic rings. The van der Waals surface area contributed by atoms with E-state index in [9.17, 15) is 0 Å². The Labute approximate surface area is 150 Å². The Kier molecular flexibility index (Phi) is 8.53. The number of hydrogen-bond donors (Lipinski definition) is 0. The van der Waals surface area contributed by atoms with Crippen LogP contribution >= 0.6 is 24.8 Å². The molecule has 0 saturated heterocycles. The molecule has 0 aliphatic heterocycles. The van der Waals surface area contributed by atoms with Crippen LogP contribution in [0.15, 0.2) is 45.6 Å². The maximum atomic E-state index is 2.34. The Morgan fingerprint density at radius 2 is 0.773 bits per heavy atom. The fourth-order valence-corrected chi connectivity index (χ4v) is 3.07. The molecular weight excluding hydrogens is 311 g/mol. The molecule has 2 aliphatic rings. The lowest BCUT2D eigenvalue weighted by Crippen LogP contribution is -2.05. The monoisotopic (exact) mass is 344 g/mol. The lowest BCUT2D eigenvalue weighted by molar-refractivity contribution is 0.587. The summed E-state index contributed by atoms with van der Waals surface area (Å²) < 4.78 is 0. The van der Waals surface area contributed by atoms with Gasteiger partial charge in [0.25, 0.3) is 0 Å². The van der Waals surface area contributed by atoms with Crippen LogP contribution in [-0.2, 0) is 0 Å². The Bertz CT molecular complexity index is 488. The zero-order valence-corrected chi connectivity index (χ0v) is 17.6. The highest BCUT2D eigenvalue weighted by atomic mass is 35.5. The number of allylic oxidation sites excluding steroid dienone is 8. The van der Waals surface area contributed by atoms with Gasteiger partial charge in [0.1, 0.15) is 0 Å². The summed E-state index contributed by atoms with van der Waals surface area (Å²) in [4.78, 5) is 0. The van der Waals surface area contributed by atoms with Crippen molar-refractivity contribution in [1.29, 1.82) is 0 Å². The second-order valence-corrected chi connectivity index (χ2v) is 7.60. The first-order valence-corrected chi connectivity index (χ1v) is 7.65. The van der Waals surface area contributed by atoms with Crippen molar-refractivity contribution in [2.45, 2.75) is 69.2 Å². The molecule has 22 heavy (non-hydrogen) atoms. The van der Waals surface area contributed by atoms with Crippen LogP contribution in [0.5, 0.6) is 0 Å². The first kappa shape index (κ1) is 23.8. The molecule has 0 nitrogen and oxygen atoms in total. The topological polar surface area (TPSA) is 0 Å². The fourth-order valence-electron chi connectivity index (χ4n) is 3.07. The van der Waals surface area contributed by atoms with Gasteiger partial charge in [-0.1, -0.05) is 62.1 Å². The van der Waals surface area contributed by atoms with E-state index in [2.05, 4.69) is 81.4 Å². The first-order valence-electron chi connectivity index (χ1n) is 7.65. The second-order valence-electron chi connectivity index (χ2n) is 7.60. The molecule has 0 aromatic heterocycles. The predicted octanol–water partition coefficient (Wildman–Crippen LogP) is 7.46. The highest BCUT2D eigenvalue weighted by Gasteiger charge is 2.25. The summed E-state index contributed by atoms with van der Waals surface area (Å²) in [6.45, 7) is 22.3. The second kappa shape index (κ2) is 7.88. The van der Waals surface area contributed by atoms with Crippen molar-refractivity contribution in [3.8, 4) is 0 Å². The Balaban J connectivity index is 0.